The maximum atomic E-state index is 12.3. The molecule has 0 saturated carbocycles. The highest BCUT2D eigenvalue weighted by Crippen LogP contribution is 2.20. The van der Waals surface area contributed by atoms with Crippen LogP contribution in [0, 0.1) is 5.92 Å². The monoisotopic (exact) mass is 274 g/mol. The average Bonchev–Trinajstić information content (AvgIpc) is 2.73. The number of carboxylic acids is 1. The number of aromatic nitrogens is 1. The van der Waals surface area contributed by atoms with Crippen LogP contribution in [0.4, 0.5) is 0 Å². The minimum Gasteiger partial charge on any atom is -0.480 e. The van der Waals surface area contributed by atoms with Gasteiger partial charge in [-0.3, -0.25) is 4.79 Å². The summed E-state index contributed by atoms with van der Waals surface area (Å²) >= 11 is 0. The second-order valence-electron chi connectivity index (χ2n) is 5.20. The molecule has 0 fully saturated rings. The summed E-state index contributed by atoms with van der Waals surface area (Å²) in [5.41, 5.74) is 1.43. The molecule has 0 unspecified atom stereocenters. The van der Waals surface area contributed by atoms with Gasteiger partial charge >= 0.3 is 5.97 Å². The number of carbonyl (C=O) groups excluding carboxylic acids is 1. The number of hydrogen-bond donors (Lipinski definition) is 2. The van der Waals surface area contributed by atoms with Crippen LogP contribution in [0.2, 0.25) is 0 Å². The van der Waals surface area contributed by atoms with Gasteiger partial charge in [-0.05, 0) is 12.0 Å². The van der Waals surface area contributed by atoms with Crippen molar-refractivity contribution in [3.8, 4) is 0 Å². The van der Waals surface area contributed by atoms with Crippen LogP contribution in [0.15, 0.2) is 30.5 Å². The summed E-state index contributed by atoms with van der Waals surface area (Å²) < 4.78 is 1.86. The minimum atomic E-state index is -1.02. The molecule has 1 heterocycles. The quantitative estimate of drug-likeness (QED) is 0.896. The number of hydrogen-bond acceptors (Lipinski definition) is 2. The second kappa shape index (κ2) is 5.36. The third-order valence-corrected chi connectivity index (χ3v) is 3.36. The fraction of sp³-hybridized carbons (Fsp3) is 0.333. The number of nitrogens with zero attached hydrogens (tertiary/aromatic N) is 1. The van der Waals surface area contributed by atoms with E-state index in [1.165, 1.54) is 0 Å². The van der Waals surface area contributed by atoms with Gasteiger partial charge in [0.05, 0.1) is 5.56 Å². The number of para-hydroxylation sites is 1. The third-order valence-electron chi connectivity index (χ3n) is 3.36. The Balaban J connectivity index is 2.34. The number of carbonyl (C=O) groups is 2. The predicted octanol–water partition coefficient (Wildman–Crippen LogP) is 2.02. The van der Waals surface area contributed by atoms with Crippen molar-refractivity contribution >= 4 is 22.8 Å². The molecule has 5 heteroatoms. The fourth-order valence-electron chi connectivity index (χ4n) is 2.26. The van der Waals surface area contributed by atoms with E-state index in [4.69, 9.17) is 5.11 Å². The van der Waals surface area contributed by atoms with Gasteiger partial charge in [0.1, 0.15) is 6.04 Å². The first-order chi connectivity index (χ1) is 9.41. The third kappa shape index (κ3) is 2.52. The van der Waals surface area contributed by atoms with Crippen molar-refractivity contribution < 1.29 is 14.7 Å². The molecule has 0 saturated heterocycles. The molecule has 0 aliphatic rings. The van der Waals surface area contributed by atoms with Crippen molar-refractivity contribution in [2.24, 2.45) is 13.0 Å². The van der Waals surface area contributed by atoms with Crippen molar-refractivity contribution in [2.75, 3.05) is 0 Å². The molecule has 0 spiro atoms. The van der Waals surface area contributed by atoms with E-state index in [0.29, 0.717) is 5.56 Å². The van der Waals surface area contributed by atoms with Gasteiger partial charge in [-0.25, -0.2) is 4.79 Å². The summed E-state index contributed by atoms with van der Waals surface area (Å²) in [5, 5.41) is 12.5. The number of carboxylic acid groups (broad SMARTS) is 1. The average molecular weight is 274 g/mol. The molecule has 0 aliphatic carbocycles. The first-order valence-corrected chi connectivity index (χ1v) is 6.49. The van der Waals surface area contributed by atoms with E-state index in [-0.39, 0.29) is 11.8 Å². The zero-order valence-electron chi connectivity index (χ0n) is 11.8. The fourth-order valence-corrected chi connectivity index (χ4v) is 2.26. The van der Waals surface area contributed by atoms with E-state index in [1.807, 2.05) is 35.9 Å². The summed E-state index contributed by atoms with van der Waals surface area (Å²) in [5.74, 6) is -1.55. The summed E-state index contributed by atoms with van der Waals surface area (Å²) in [7, 11) is 1.86. The Bertz CT molecular complexity index is 658. The van der Waals surface area contributed by atoms with E-state index in [9.17, 15) is 9.59 Å². The van der Waals surface area contributed by atoms with Gasteiger partial charge < -0.3 is 15.0 Å². The van der Waals surface area contributed by atoms with Crippen molar-refractivity contribution in [1.29, 1.82) is 0 Å². The molecule has 5 nitrogen and oxygen atoms in total. The van der Waals surface area contributed by atoms with Gasteiger partial charge in [-0.15, -0.1) is 0 Å². The number of nitrogens with one attached hydrogen (secondary N) is 1. The first kappa shape index (κ1) is 14.1. The lowest BCUT2D eigenvalue weighted by Crippen LogP contribution is -2.44. The Hall–Kier alpha value is -2.30. The smallest absolute Gasteiger partial charge is 0.326 e. The van der Waals surface area contributed by atoms with Crippen LogP contribution in [0.25, 0.3) is 10.9 Å². The largest absolute Gasteiger partial charge is 0.480 e. The van der Waals surface area contributed by atoms with Crippen LogP contribution in [0.5, 0.6) is 0 Å². The molecule has 1 aromatic heterocycles. The highest BCUT2D eigenvalue weighted by molar-refractivity contribution is 6.07. The lowest BCUT2D eigenvalue weighted by atomic mass is 10.0. The molecule has 20 heavy (non-hydrogen) atoms. The van der Waals surface area contributed by atoms with Crippen LogP contribution < -0.4 is 5.32 Å². The van der Waals surface area contributed by atoms with Crippen LogP contribution in [-0.4, -0.2) is 27.6 Å². The molecule has 1 aromatic carbocycles. The number of benzene rings is 1. The first-order valence-electron chi connectivity index (χ1n) is 6.49. The predicted molar refractivity (Wildman–Crippen MR) is 76.6 cm³/mol. The second-order valence-corrected chi connectivity index (χ2v) is 5.20. The highest BCUT2D eigenvalue weighted by Gasteiger charge is 2.25. The van der Waals surface area contributed by atoms with Crippen LogP contribution >= 0.6 is 0 Å². The normalized spacial score (nSPS) is 12.6. The molecule has 106 valence electrons. The maximum absolute atomic E-state index is 12.3. The molecule has 1 amide bonds. The molecular formula is C15H18N2O3. The van der Waals surface area contributed by atoms with Crippen molar-refractivity contribution in [1.82, 2.24) is 9.88 Å². The van der Waals surface area contributed by atoms with Gasteiger partial charge in [-0.1, -0.05) is 32.0 Å². The minimum absolute atomic E-state index is 0.175. The number of aliphatic carboxylic acids is 1. The SMILES string of the molecule is CC(C)[C@@H](NC(=O)c1cn(C)c2ccccc12)C(=O)O. The van der Waals surface area contributed by atoms with Crippen molar-refractivity contribution in [2.45, 2.75) is 19.9 Å². The molecule has 0 radical (unpaired) electrons. The van der Waals surface area contributed by atoms with E-state index in [2.05, 4.69) is 5.32 Å². The summed E-state index contributed by atoms with van der Waals surface area (Å²) in [4.78, 5) is 23.5. The zero-order valence-corrected chi connectivity index (χ0v) is 11.8. The summed E-state index contributed by atoms with van der Waals surface area (Å²) in [6, 6.07) is 6.65. The summed E-state index contributed by atoms with van der Waals surface area (Å²) in [6.07, 6.45) is 1.72. The number of fused-ring (bicyclic) bond motifs is 1. The summed E-state index contributed by atoms with van der Waals surface area (Å²) in [6.45, 7) is 3.53. The molecule has 1 atom stereocenters. The number of amides is 1. The van der Waals surface area contributed by atoms with Crippen molar-refractivity contribution in [3.63, 3.8) is 0 Å². The molecule has 0 aliphatic heterocycles. The lowest BCUT2D eigenvalue weighted by Gasteiger charge is -2.17. The Labute approximate surface area is 117 Å². The van der Waals surface area contributed by atoms with Crippen LogP contribution in [0.3, 0.4) is 0 Å². The van der Waals surface area contributed by atoms with E-state index < -0.39 is 12.0 Å². The van der Waals surface area contributed by atoms with E-state index in [0.717, 1.165) is 10.9 Å². The molecule has 0 bridgehead atoms. The van der Waals surface area contributed by atoms with Gasteiger partial charge in [0, 0.05) is 24.1 Å². The van der Waals surface area contributed by atoms with Crippen molar-refractivity contribution in [3.05, 3.63) is 36.0 Å². The standard InChI is InChI=1S/C15H18N2O3/c1-9(2)13(15(19)20)16-14(18)11-8-17(3)12-7-5-4-6-10(11)12/h4-9,13H,1-3H3,(H,16,18)(H,19,20)/t13-/m1/s1. The number of aryl methyl sites for hydroxylation is 1. The number of rotatable bonds is 4. The Morgan fingerprint density at radius 3 is 2.50 bits per heavy atom. The lowest BCUT2D eigenvalue weighted by molar-refractivity contribution is -0.140. The highest BCUT2D eigenvalue weighted by atomic mass is 16.4. The zero-order chi connectivity index (χ0) is 14.9. The molecule has 2 aromatic rings. The maximum Gasteiger partial charge on any atom is 0.326 e. The Kier molecular flexibility index (Phi) is 3.79. The van der Waals surface area contributed by atoms with E-state index >= 15 is 0 Å². The van der Waals surface area contributed by atoms with Gasteiger partial charge in [0.2, 0.25) is 0 Å². The Morgan fingerprint density at radius 2 is 1.90 bits per heavy atom. The molecule has 2 N–H and O–H groups in total. The van der Waals surface area contributed by atoms with Gasteiger partial charge in [-0.2, -0.15) is 0 Å². The van der Waals surface area contributed by atoms with Gasteiger partial charge in [0.15, 0.2) is 0 Å². The van der Waals surface area contributed by atoms with Crippen LogP contribution in [-0.2, 0) is 11.8 Å². The molecular weight excluding hydrogens is 256 g/mol. The van der Waals surface area contributed by atoms with Gasteiger partial charge in [0.25, 0.3) is 5.91 Å². The molecule has 2 rings (SSSR count). The van der Waals surface area contributed by atoms with E-state index in [1.54, 1.807) is 20.0 Å². The topological polar surface area (TPSA) is 71.3 Å². The Morgan fingerprint density at radius 1 is 1.25 bits per heavy atom. The van der Waals surface area contributed by atoms with Crippen LogP contribution in [0.1, 0.15) is 24.2 Å².